The summed E-state index contributed by atoms with van der Waals surface area (Å²) < 4.78 is 29.8. The molecule has 2 aliphatic rings. The Morgan fingerprint density at radius 3 is 2.90 bits per heavy atom. The van der Waals surface area contributed by atoms with Crippen molar-refractivity contribution in [3.63, 3.8) is 0 Å². The Bertz CT molecular complexity index is 715. The fourth-order valence-corrected chi connectivity index (χ4v) is 4.61. The molecule has 0 aliphatic carbocycles. The highest BCUT2D eigenvalue weighted by atomic mass is 32.7. The van der Waals surface area contributed by atoms with Crippen molar-refractivity contribution in [2.45, 2.75) is 31.8 Å². The van der Waals surface area contributed by atoms with Gasteiger partial charge in [-0.05, 0) is 24.6 Å². The Morgan fingerprint density at radius 1 is 1.43 bits per heavy atom. The molecule has 1 aromatic heterocycles. The van der Waals surface area contributed by atoms with Crippen molar-refractivity contribution < 1.29 is 18.3 Å². The van der Waals surface area contributed by atoms with Crippen LogP contribution in [0, 0.1) is 6.92 Å². The van der Waals surface area contributed by atoms with Crippen LogP contribution in [-0.4, -0.2) is 34.6 Å². The van der Waals surface area contributed by atoms with E-state index < -0.39 is 24.3 Å². The lowest BCUT2D eigenvalue weighted by molar-refractivity contribution is -0.0559. The van der Waals surface area contributed by atoms with Gasteiger partial charge in [-0.2, -0.15) is 0 Å². The van der Waals surface area contributed by atoms with Crippen molar-refractivity contribution in [2.75, 3.05) is 12.9 Å². The molecule has 1 N–H and O–H groups in total. The lowest BCUT2D eigenvalue weighted by atomic mass is 10.2. The number of H-pyrrole nitrogens is 1. The first kappa shape index (κ1) is 15.1. The van der Waals surface area contributed by atoms with Crippen LogP contribution in [0.25, 0.3) is 0 Å². The Kier molecular flexibility index (Phi) is 3.87. The smallest absolute Gasteiger partial charge is 0.349 e. The molecule has 2 saturated heterocycles. The first-order valence-corrected chi connectivity index (χ1v) is 9.75. The van der Waals surface area contributed by atoms with Gasteiger partial charge in [0.15, 0.2) is 0 Å². The molecule has 21 heavy (non-hydrogen) atoms. The predicted molar refractivity (Wildman–Crippen MR) is 76.5 cm³/mol. The summed E-state index contributed by atoms with van der Waals surface area (Å²) in [6.45, 7) is -1.35. The summed E-state index contributed by atoms with van der Waals surface area (Å²) in [5.41, 5.74) is -0.540. The highest BCUT2D eigenvalue weighted by Crippen LogP contribution is 2.63. The molecule has 0 aromatic carbocycles. The number of nitrogens with one attached hydrogen (secondary N) is 1. The summed E-state index contributed by atoms with van der Waals surface area (Å²) in [6, 6.07) is 0. The van der Waals surface area contributed by atoms with E-state index in [1.807, 2.05) is 0 Å². The topological polar surface area (TPSA) is 99.6 Å². The highest BCUT2D eigenvalue weighted by molar-refractivity contribution is 8.54. The maximum Gasteiger partial charge on any atom is 0.389 e. The third-order valence-corrected chi connectivity index (χ3v) is 6.88. The largest absolute Gasteiger partial charge is 0.389 e. The molecule has 1 aromatic rings. The van der Waals surface area contributed by atoms with Crippen LogP contribution in [0.15, 0.2) is 15.8 Å². The number of fused-ring (bicyclic) bond motifs is 1. The quantitative estimate of drug-likeness (QED) is 0.806. The second kappa shape index (κ2) is 5.40. The van der Waals surface area contributed by atoms with Gasteiger partial charge in [-0.1, -0.05) is 0 Å². The summed E-state index contributed by atoms with van der Waals surface area (Å²) in [4.78, 5) is 25.5. The van der Waals surface area contributed by atoms with Gasteiger partial charge in [0.05, 0.1) is 6.61 Å². The molecule has 2 unspecified atom stereocenters. The van der Waals surface area contributed by atoms with Gasteiger partial charge in [-0.25, -0.2) is 9.36 Å². The van der Waals surface area contributed by atoms with Crippen LogP contribution in [-0.2, 0) is 18.3 Å². The van der Waals surface area contributed by atoms with Gasteiger partial charge in [-0.3, -0.25) is 23.4 Å². The van der Waals surface area contributed by atoms with E-state index in [9.17, 15) is 14.2 Å². The van der Waals surface area contributed by atoms with Crippen molar-refractivity contribution in [3.8, 4) is 0 Å². The number of aromatic amines is 1. The standard InChI is InChI=1S/C11H15N2O6PS/c1-6-4-13(11(15)12-10(6)14)9-3-7-8(18-9)5-17-20(16,19-7)21-2/h4,7-9H,3,5H2,1-2H3,(H,12,14,15)/t7?,8-,9-,20?/m1/s1. The summed E-state index contributed by atoms with van der Waals surface area (Å²) in [5, 5.41) is 0. The van der Waals surface area contributed by atoms with E-state index in [1.165, 1.54) is 10.8 Å². The second-order valence-electron chi connectivity index (χ2n) is 4.91. The van der Waals surface area contributed by atoms with Crippen molar-refractivity contribution in [1.29, 1.82) is 0 Å². The molecule has 0 radical (unpaired) electrons. The molecule has 3 rings (SSSR count). The zero-order chi connectivity index (χ0) is 15.2. The van der Waals surface area contributed by atoms with Crippen LogP contribution in [0.2, 0.25) is 0 Å². The van der Waals surface area contributed by atoms with Gasteiger partial charge in [0.2, 0.25) is 0 Å². The molecule has 0 amide bonds. The van der Waals surface area contributed by atoms with Crippen molar-refractivity contribution in [2.24, 2.45) is 0 Å². The van der Waals surface area contributed by atoms with E-state index in [4.69, 9.17) is 13.8 Å². The fraction of sp³-hybridized carbons (Fsp3) is 0.636. The summed E-state index contributed by atoms with van der Waals surface area (Å²) in [7, 11) is 0. The van der Waals surface area contributed by atoms with Crippen LogP contribution in [0.1, 0.15) is 18.2 Å². The van der Waals surface area contributed by atoms with Gasteiger partial charge in [0.1, 0.15) is 18.4 Å². The molecule has 3 heterocycles. The average molecular weight is 334 g/mol. The maximum atomic E-state index is 12.1. The van der Waals surface area contributed by atoms with Gasteiger partial charge in [0, 0.05) is 18.2 Å². The van der Waals surface area contributed by atoms with E-state index in [0.717, 1.165) is 11.4 Å². The van der Waals surface area contributed by atoms with Crippen molar-refractivity contribution in [1.82, 2.24) is 9.55 Å². The summed E-state index contributed by atoms with van der Waals surface area (Å²) in [6.07, 6.45) is 2.16. The van der Waals surface area contributed by atoms with Gasteiger partial charge in [0.25, 0.3) is 5.56 Å². The minimum absolute atomic E-state index is 0.163. The number of aromatic nitrogens is 2. The first-order chi connectivity index (χ1) is 9.92. The third kappa shape index (κ3) is 2.76. The lowest BCUT2D eigenvalue weighted by Crippen LogP contribution is -2.33. The Balaban J connectivity index is 1.85. The minimum Gasteiger partial charge on any atom is -0.349 e. The number of hydrogen-bond acceptors (Lipinski definition) is 7. The predicted octanol–water partition coefficient (Wildman–Crippen LogP) is 1.02. The van der Waals surface area contributed by atoms with Crippen LogP contribution in [0.5, 0.6) is 0 Å². The Labute approximate surface area is 124 Å². The molecule has 10 heteroatoms. The van der Waals surface area contributed by atoms with Gasteiger partial charge >= 0.3 is 12.5 Å². The molecule has 0 saturated carbocycles. The van der Waals surface area contributed by atoms with E-state index >= 15 is 0 Å². The lowest BCUT2D eigenvalue weighted by Gasteiger charge is -2.29. The molecule has 4 atom stereocenters. The van der Waals surface area contributed by atoms with Gasteiger partial charge in [-0.15, -0.1) is 0 Å². The molecule has 116 valence electrons. The summed E-state index contributed by atoms with van der Waals surface area (Å²) in [5.74, 6) is 0. The van der Waals surface area contributed by atoms with Crippen LogP contribution < -0.4 is 11.2 Å². The fourth-order valence-electron chi connectivity index (χ4n) is 2.39. The number of hydrogen-bond donors (Lipinski definition) is 1. The monoisotopic (exact) mass is 334 g/mol. The second-order valence-corrected chi connectivity index (χ2v) is 9.08. The van der Waals surface area contributed by atoms with Crippen molar-refractivity contribution in [3.05, 3.63) is 32.6 Å². The van der Waals surface area contributed by atoms with Crippen molar-refractivity contribution >= 4 is 18.2 Å². The van der Waals surface area contributed by atoms with E-state index in [-0.39, 0.29) is 18.8 Å². The first-order valence-electron chi connectivity index (χ1n) is 6.38. The Hall–Kier alpha value is -0.860. The number of aryl methyl sites for hydroxylation is 1. The normalized spacial score (nSPS) is 35.6. The molecule has 8 nitrogen and oxygen atoms in total. The maximum absolute atomic E-state index is 12.1. The minimum atomic E-state index is -3.12. The average Bonchev–Trinajstić information content (AvgIpc) is 2.85. The Morgan fingerprint density at radius 2 is 2.19 bits per heavy atom. The van der Waals surface area contributed by atoms with Gasteiger partial charge < -0.3 is 4.74 Å². The number of nitrogens with zero attached hydrogens (tertiary/aromatic N) is 1. The number of rotatable bonds is 2. The highest BCUT2D eigenvalue weighted by Gasteiger charge is 2.46. The number of ether oxygens (including phenoxy) is 1. The van der Waals surface area contributed by atoms with E-state index in [2.05, 4.69) is 4.98 Å². The molecular formula is C11H15N2O6PS. The molecule has 2 aliphatic heterocycles. The molecule has 0 bridgehead atoms. The molecule has 0 spiro atoms. The van der Waals surface area contributed by atoms with Crippen LogP contribution in [0.3, 0.4) is 0 Å². The third-order valence-electron chi connectivity index (χ3n) is 3.52. The van der Waals surface area contributed by atoms with E-state index in [1.54, 1.807) is 13.2 Å². The van der Waals surface area contributed by atoms with Crippen LogP contribution >= 0.6 is 18.2 Å². The summed E-state index contributed by atoms with van der Waals surface area (Å²) >= 11 is 1.04. The molecular weight excluding hydrogens is 319 g/mol. The van der Waals surface area contributed by atoms with Crippen LogP contribution in [0.4, 0.5) is 0 Å². The van der Waals surface area contributed by atoms with E-state index in [0.29, 0.717) is 12.0 Å². The zero-order valence-corrected chi connectivity index (χ0v) is 13.2. The molecule has 2 fully saturated rings. The SMILES string of the molecule is CSP1(=O)OC[C@H]2O[C@@H](n3cc(C)c(=O)[nH]c3=O)CC2O1. The zero-order valence-electron chi connectivity index (χ0n) is 11.5.